The molecule has 1 fully saturated rings. The molecule has 6 heteroatoms. The molecule has 0 aliphatic heterocycles. The van der Waals surface area contributed by atoms with Crippen molar-refractivity contribution in [3.8, 4) is 0 Å². The zero-order valence-electron chi connectivity index (χ0n) is 11.7. The summed E-state index contributed by atoms with van der Waals surface area (Å²) < 4.78 is 38.4. The molecule has 2 N–H and O–H groups in total. The summed E-state index contributed by atoms with van der Waals surface area (Å²) in [7, 11) is 1.56. The molecule has 0 aromatic carbocycles. The minimum atomic E-state index is -4.35. The molecule has 0 saturated heterocycles. The highest BCUT2D eigenvalue weighted by molar-refractivity contribution is 5.49. The molecular weight excluding hydrogens is 267 g/mol. The van der Waals surface area contributed by atoms with Crippen molar-refractivity contribution >= 4 is 11.6 Å². The molecule has 2 rings (SSSR count). The Balaban J connectivity index is 2.07. The van der Waals surface area contributed by atoms with Crippen LogP contribution in [0.1, 0.15) is 31.7 Å². The fourth-order valence-electron chi connectivity index (χ4n) is 2.67. The number of anilines is 2. The minimum Gasteiger partial charge on any atom is -0.373 e. The topological polar surface area (TPSA) is 37.0 Å². The van der Waals surface area contributed by atoms with E-state index < -0.39 is 11.7 Å². The van der Waals surface area contributed by atoms with Gasteiger partial charge < -0.3 is 10.6 Å². The molecule has 1 saturated carbocycles. The van der Waals surface area contributed by atoms with Crippen LogP contribution in [-0.2, 0) is 6.18 Å². The van der Waals surface area contributed by atoms with Gasteiger partial charge in [-0.1, -0.05) is 13.3 Å². The lowest BCUT2D eigenvalue weighted by Crippen LogP contribution is -2.14. The smallest absolute Gasteiger partial charge is 0.373 e. The van der Waals surface area contributed by atoms with E-state index in [1.165, 1.54) is 6.42 Å². The van der Waals surface area contributed by atoms with Crippen molar-refractivity contribution in [3.05, 3.63) is 17.7 Å². The second-order valence-electron chi connectivity index (χ2n) is 5.54. The number of halogens is 3. The summed E-state index contributed by atoms with van der Waals surface area (Å²) in [6.07, 6.45) is -0.895. The molecule has 0 amide bonds. The first-order valence-corrected chi connectivity index (χ1v) is 6.89. The third-order valence-electron chi connectivity index (χ3n) is 3.78. The van der Waals surface area contributed by atoms with Crippen molar-refractivity contribution in [2.45, 2.75) is 32.4 Å². The first kappa shape index (κ1) is 14.9. The SMILES string of the molecule is CNc1cc(C(F)(F)F)cc(NCC2CCC(C)C2)n1. The van der Waals surface area contributed by atoms with Gasteiger partial charge in [-0.25, -0.2) is 4.98 Å². The molecule has 1 aliphatic carbocycles. The van der Waals surface area contributed by atoms with Gasteiger partial charge in [0.1, 0.15) is 11.6 Å². The maximum atomic E-state index is 12.8. The molecular formula is C14H20F3N3. The highest BCUT2D eigenvalue weighted by Crippen LogP contribution is 2.33. The molecule has 1 aromatic rings. The van der Waals surface area contributed by atoms with Crippen LogP contribution in [0, 0.1) is 11.8 Å². The highest BCUT2D eigenvalue weighted by Gasteiger charge is 2.31. The van der Waals surface area contributed by atoms with Gasteiger partial charge in [0.05, 0.1) is 5.56 Å². The predicted octanol–water partition coefficient (Wildman–Crippen LogP) is 3.99. The summed E-state index contributed by atoms with van der Waals surface area (Å²) in [5, 5.41) is 5.71. The van der Waals surface area contributed by atoms with E-state index in [2.05, 4.69) is 22.5 Å². The number of hydrogen-bond donors (Lipinski definition) is 2. The van der Waals surface area contributed by atoms with Gasteiger partial charge in [0.25, 0.3) is 0 Å². The van der Waals surface area contributed by atoms with Crippen LogP contribution < -0.4 is 10.6 Å². The van der Waals surface area contributed by atoms with Crippen molar-refractivity contribution in [1.82, 2.24) is 4.98 Å². The maximum absolute atomic E-state index is 12.8. The van der Waals surface area contributed by atoms with Gasteiger partial charge in [0, 0.05) is 13.6 Å². The van der Waals surface area contributed by atoms with E-state index in [0.717, 1.165) is 25.0 Å². The van der Waals surface area contributed by atoms with Gasteiger partial charge in [0.2, 0.25) is 0 Å². The standard InChI is InChI=1S/C14H20F3N3/c1-9-3-4-10(5-9)8-19-13-7-11(14(15,16)17)6-12(18-2)20-13/h6-7,9-10H,3-5,8H2,1-2H3,(H2,18,19,20). The van der Waals surface area contributed by atoms with Crippen molar-refractivity contribution < 1.29 is 13.2 Å². The lowest BCUT2D eigenvalue weighted by Gasteiger charge is -2.15. The van der Waals surface area contributed by atoms with E-state index >= 15 is 0 Å². The van der Waals surface area contributed by atoms with E-state index in [1.54, 1.807) is 7.05 Å². The third-order valence-corrected chi connectivity index (χ3v) is 3.78. The lowest BCUT2D eigenvalue weighted by molar-refractivity contribution is -0.137. The molecule has 1 aliphatic rings. The second kappa shape index (κ2) is 5.89. The number of rotatable bonds is 4. The minimum absolute atomic E-state index is 0.224. The summed E-state index contributed by atoms with van der Waals surface area (Å²) >= 11 is 0. The van der Waals surface area contributed by atoms with Crippen molar-refractivity contribution in [2.24, 2.45) is 11.8 Å². The Bertz CT molecular complexity index is 459. The Kier molecular flexibility index (Phi) is 4.40. The summed E-state index contributed by atoms with van der Waals surface area (Å²) in [6, 6.07) is 2.09. The first-order chi connectivity index (χ1) is 9.38. The molecule has 0 bridgehead atoms. The second-order valence-corrected chi connectivity index (χ2v) is 5.54. The molecule has 2 atom stereocenters. The van der Waals surface area contributed by atoms with Gasteiger partial charge in [-0.05, 0) is 36.8 Å². The van der Waals surface area contributed by atoms with Crippen LogP contribution in [0.4, 0.5) is 24.8 Å². The largest absolute Gasteiger partial charge is 0.416 e. The molecule has 1 heterocycles. The third kappa shape index (κ3) is 3.77. The van der Waals surface area contributed by atoms with E-state index in [1.807, 2.05) is 0 Å². The average molecular weight is 287 g/mol. The zero-order chi connectivity index (χ0) is 14.8. The number of pyridine rings is 1. The van der Waals surface area contributed by atoms with Crippen molar-refractivity contribution in [3.63, 3.8) is 0 Å². The number of aromatic nitrogens is 1. The Labute approximate surface area is 117 Å². The molecule has 3 nitrogen and oxygen atoms in total. The quantitative estimate of drug-likeness (QED) is 0.879. The normalized spacial score (nSPS) is 22.9. The molecule has 0 radical (unpaired) electrons. The van der Waals surface area contributed by atoms with Gasteiger partial charge in [0.15, 0.2) is 0 Å². The van der Waals surface area contributed by atoms with Crippen LogP contribution in [0.2, 0.25) is 0 Å². The van der Waals surface area contributed by atoms with Crippen molar-refractivity contribution in [2.75, 3.05) is 24.2 Å². The fourth-order valence-corrected chi connectivity index (χ4v) is 2.67. The summed E-state index contributed by atoms with van der Waals surface area (Å²) in [4.78, 5) is 4.12. The van der Waals surface area contributed by atoms with E-state index in [9.17, 15) is 13.2 Å². The summed E-state index contributed by atoms with van der Waals surface area (Å²) in [5.41, 5.74) is -0.681. The number of hydrogen-bond acceptors (Lipinski definition) is 3. The van der Waals surface area contributed by atoms with Gasteiger partial charge in [-0.3, -0.25) is 0 Å². The molecule has 112 valence electrons. The van der Waals surface area contributed by atoms with Gasteiger partial charge in [-0.2, -0.15) is 13.2 Å². The van der Waals surface area contributed by atoms with E-state index in [0.29, 0.717) is 18.4 Å². The zero-order valence-corrected chi connectivity index (χ0v) is 11.7. The van der Waals surface area contributed by atoms with Crippen LogP contribution in [0.25, 0.3) is 0 Å². The lowest BCUT2D eigenvalue weighted by atomic mass is 10.1. The van der Waals surface area contributed by atoms with E-state index in [4.69, 9.17) is 0 Å². The van der Waals surface area contributed by atoms with Crippen LogP contribution in [0.5, 0.6) is 0 Å². The average Bonchev–Trinajstić information content (AvgIpc) is 2.81. The molecule has 2 unspecified atom stereocenters. The Morgan fingerprint density at radius 2 is 1.95 bits per heavy atom. The number of nitrogens with zero attached hydrogens (tertiary/aromatic N) is 1. The van der Waals surface area contributed by atoms with Gasteiger partial charge in [-0.15, -0.1) is 0 Å². The molecule has 20 heavy (non-hydrogen) atoms. The monoisotopic (exact) mass is 287 g/mol. The summed E-state index contributed by atoms with van der Waals surface area (Å²) in [5.74, 6) is 1.74. The fraction of sp³-hybridized carbons (Fsp3) is 0.643. The first-order valence-electron chi connectivity index (χ1n) is 6.89. The van der Waals surface area contributed by atoms with Crippen LogP contribution in [0.15, 0.2) is 12.1 Å². The Morgan fingerprint density at radius 1 is 1.25 bits per heavy atom. The molecule has 0 spiro atoms. The highest BCUT2D eigenvalue weighted by atomic mass is 19.4. The van der Waals surface area contributed by atoms with Crippen LogP contribution in [0.3, 0.4) is 0 Å². The van der Waals surface area contributed by atoms with Crippen molar-refractivity contribution in [1.29, 1.82) is 0 Å². The van der Waals surface area contributed by atoms with Crippen LogP contribution >= 0.6 is 0 Å². The Morgan fingerprint density at radius 3 is 2.50 bits per heavy atom. The maximum Gasteiger partial charge on any atom is 0.416 e. The Hall–Kier alpha value is -1.46. The number of nitrogens with one attached hydrogen (secondary N) is 2. The molecule has 1 aromatic heterocycles. The number of alkyl halides is 3. The summed E-state index contributed by atoms with van der Waals surface area (Å²) in [6.45, 7) is 2.89. The van der Waals surface area contributed by atoms with E-state index in [-0.39, 0.29) is 11.6 Å². The predicted molar refractivity (Wildman–Crippen MR) is 73.8 cm³/mol. The van der Waals surface area contributed by atoms with Crippen LogP contribution in [-0.4, -0.2) is 18.6 Å². The van der Waals surface area contributed by atoms with Gasteiger partial charge >= 0.3 is 6.18 Å².